The van der Waals surface area contributed by atoms with E-state index in [1.54, 1.807) is 0 Å². The third kappa shape index (κ3) is 3.12. The van der Waals surface area contributed by atoms with Crippen molar-refractivity contribution in [2.45, 2.75) is 50.9 Å². The fourth-order valence-corrected chi connectivity index (χ4v) is 2.82. The SMILES string of the molecule is CCN(c1ccc(CCl)cn1)C1CCCCC1. The number of alkyl halides is 1. The second-order valence-electron chi connectivity index (χ2n) is 4.74. The van der Waals surface area contributed by atoms with Crippen molar-refractivity contribution in [1.29, 1.82) is 0 Å². The maximum absolute atomic E-state index is 5.79. The third-order valence-corrected chi connectivity index (χ3v) is 3.92. The standard InChI is InChI=1S/C14H21ClN2/c1-2-17(13-6-4-3-5-7-13)14-9-8-12(10-15)11-16-14/h8-9,11,13H,2-7,10H2,1H3. The highest BCUT2D eigenvalue weighted by atomic mass is 35.5. The van der Waals surface area contributed by atoms with E-state index in [1.165, 1.54) is 32.1 Å². The first kappa shape index (κ1) is 12.7. The van der Waals surface area contributed by atoms with Crippen LogP contribution >= 0.6 is 11.6 Å². The van der Waals surface area contributed by atoms with Crippen LogP contribution in [0.4, 0.5) is 5.82 Å². The van der Waals surface area contributed by atoms with Crippen molar-refractivity contribution in [2.75, 3.05) is 11.4 Å². The number of halogens is 1. The molecule has 2 rings (SSSR count). The molecule has 0 aromatic carbocycles. The molecule has 0 radical (unpaired) electrons. The molecule has 0 bridgehead atoms. The van der Waals surface area contributed by atoms with E-state index in [0.717, 1.165) is 17.9 Å². The van der Waals surface area contributed by atoms with Crippen molar-refractivity contribution >= 4 is 17.4 Å². The Kier molecular flexibility index (Phi) is 4.66. The predicted octanol–water partition coefficient (Wildman–Crippen LogP) is 3.98. The Morgan fingerprint density at radius 2 is 2.06 bits per heavy atom. The molecule has 1 aromatic heterocycles. The Morgan fingerprint density at radius 1 is 1.29 bits per heavy atom. The monoisotopic (exact) mass is 252 g/mol. The summed E-state index contributed by atoms with van der Waals surface area (Å²) in [6.45, 7) is 3.25. The van der Waals surface area contributed by atoms with Crippen LogP contribution in [0.1, 0.15) is 44.6 Å². The maximum atomic E-state index is 5.79. The van der Waals surface area contributed by atoms with Gasteiger partial charge in [0.15, 0.2) is 0 Å². The van der Waals surface area contributed by atoms with Gasteiger partial charge in [0.25, 0.3) is 0 Å². The number of aromatic nitrogens is 1. The van der Waals surface area contributed by atoms with Crippen LogP contribution in [0.25, 0.3) is 0 Å². The van der Waals surface area contributed by atoms with Gasteiger partial charge < -0.3 is 4.90 Å². The molecule has 94 valence electrons. The van der Waals surface area contributed by atoms with Crippen LogP contribution in [0.2, 0.25) is 0 Å². The van der Waals surface area contributed by atoms with Gasteiger partial charge >= 0.3 is 0 Å². The van der Waals surface area contributed by atoms with E-state index < -0.39 is 0 Å². The summed E-state index contributed by atoms with van der Waals surface area (Å²) in [6, 6.07) is 4.87. The van der Waals surface area contributed by atoms with Gasteiger partial charge in [-0.1, -0.05) is 25.3 Å². The van der Waals surface area contributed by atoms with Crippen LogP contribution in [0, 0.1) is 0 Å². The van der Waals surface area contributed by atoms with Crippen LogP contribution in [-0.2, 0) is 5.88 Å². The number of pyridine rings is 1. The molecular weight excluding hydrogens is 232 g/mol. The Labute approximate surface area is 109 Å². The molecule has 1 aliphatic rings. The highest BCUT2D eigenvalue weighted by Gasteiger charge is 2.20. The van der Waals surface area contributed by atoms with Gasteiger partial charge in [-0.3, -0.25) is 0 Å². The Bertz CT molecular complexity index is 331. The number of hydrogen-bond acceptors (Lipinski definition) is 2. The van der Waals surface area contributed by atoms with Crippen molar-refractivity contribution in [3.63, 3.8) is 0 Å². The lowest BCUT2D eigenvalue weighted by molar-refractivity contribution is 0.416. The zero-order valence-corrected chi connectivity index (χ0v) is 11.3. The van der Waals surface area contributed by atoms with Crippen LogP contribution in [0.5, 0.6) is 0 Å². The van der Waals surface area contributed by atoms with Gasteiger partial charge in [-0.2, -0.15) is 0 Å². The largest absolute Gasteiger partial charge is 0.354 e. The predicted molar refractivity (Wildman–Crippen MR) is 73.7 cm³/mol. The van der Waals surface area contributed by atoms with E-state index in [2.05, 4.69) is 28.9 Å². The minimum absolute atomic E-state index is 0.544. The van der Waals surface area contributed by atoms with E-state index in [0.29, 0.717) is 11.9 Å². The average molecular weight is 253 g/mol. The zero-order chi connectivity index (χ0) is 12.1. The van der Waals surface area contributed by atoms with Crippen LogP contribution in [0.3, 0.4) is 0 Å². The van der Waals surface area contributed by atoms with E-state index in [4.69, 9.17) is 11.6 Å². The molecule has 0 N–H and O–H groups in total. The van der Waals surface area contributed by atoms with Crippen molar-refractivity contribution < 1.29 is 0 Å². The summed E-state index contributed by atoms with van der Waals surface area (Å²) >= 11 is 5.79. The third-order valence-electron chi connectivity index (χ3n) is 3.61. The molecule has 1 fully saturated rings. The first-order valence-corrected chi connectivity index (χ1v) is 7.16. The molecule has 0 unspecified atom stereocenters. The van der Waals surface area contributed by atoms with Crippen molar-refractivity contribution in [2.24, 2.45) is 0 Å². The summed E-state index contributed by atoms with van der Waals surface area (Å²) in [5.41, 5.74) is 1.09. The summed E-state index contributed by atoms with van der Waals surface area (Å²) in [5.74, 6) is 1.65. The molecule has 0 amide bonds. The molecule has 0 spiro atoms. The van der Waals surface area contributed by atoms with E-state index >= 15 is 0 Å². The zero-order valence-electron chi connectivity index (χ0n) is 10.5. The van der Waals surface area contributed by atoms with E-state index in [1.807, 2.05) is 6.20 Å². The fraction of sp³-hybridized carbons (Fsp3) is 0.643. The molecule has 1 aliphatic carbocycles. The van der Waals surface area contributed by atoms with Gasteiger partial charge in [-0.15, -0.1) is 11.6 Å². The molecule has 0 saturated heterocycles. The van der Waals surface area contributed by atoms with Gasteiger partial charge in [-0.05, 0) is 31.4 Å². The lowest BCUT2D eigenvalue weighted by Gasteiger charge is -2.34. The first-order valence-electron chi connectivity index (χ1n) is 6.62. The molecule has 1 aromatic rings. The summed E-state index contributed by atoms with van der Waals surface area (Å²) in [6.07, 6.45) is 8.64. The van der Waals surface area contributed by atoms with Gasteiger partial charge in [0.1, 0.15) is 5.82 Å². The average Bonchev–Trinajstić information content (AvgIpc) is 2.42. The van der Waals surface area contributed by atoms with Crippen molar-refractivity contribution in [3.05, 3.63) is 23.9 Å². The van der Waals surface area contributed by atoms with Crippen LogP contribution < -0.4 is 4.90 Å². The van der Waals surface area contributed by atoms with Gasteiger partial charge in [-0.25, -0.2) is 4.98 Å². The van der Waals surface area contributed by atoms with Crippen molar-refractivity contribution in [1.82, 2.24) is 4.98 Å². The normalized spacial score (nSPS) is 17.1. The molecular formula is C14H21ClN2. The summed E-state index contributed by atoms with van der Waals surface area (Å²) < 4.78 is 0. The number of anilines is 1. The van der Waals surface area contributed by atoms with Crippen LogP contribution in [0.15, 0.2) is 18.3 Å². The first-order chi connectivity index (χ1) is 8.35. The van der Waals surface area contributed by atoms with Crippen LogP contribution in [-0.4, -0.2) is 17.6 Å². The fourth-order valence-electron chi connectivity index (χ4n) is 2.67. The smallest absolute Gasteiger partial charge is 0.128 e. The van der Waals surface area contributed by atoms with Gasteiger partial charge in [0, 0.05) is 24.7 Å². The topological polar surface area (TPSA) is 16.1 Å². The highest BCUT2D eigenvalue weighted by molar-refractivity contribution is 6.17. The molecule has 0 aliphatic heterocycles. The Balaban J connectivity index is 2.10. The van der Waals surface area contributed by atoms with E-state index in [-0.39, 0.29) is 0 Å². The highest BCUT2D eigenvalue weighted by Crippen LogP contribution is 2.26. The lowest BCUT2D eigenvalue weighted by Crippen LogP contribution is -2.37. The number of nitrogens with zero attached hydrogens (tertiary/aromatic N) is 2. The second-order valence-corrected chi connectivity index (χ2v) is 5.00. The number of hydrogen-bond donors (Lipinski definition) is 0. The summed E-state index contributed by atoms with van der Waals surface area (Å²) in [4.78, 5) is 6.98. The van der Waals surface area contributed by atoms with Gasteiger partial charge in [0.2, 0.25) is 0 Å². The maximum Gasteiger partial charge on any atom is 0.128 e. The molecule has 17 heavy (non-hydrogen) atoms. The van der Waals surface area contributed by atoms with Crippen molar-refractivity contribution in [3.8, 4) is 0 Å². The van der Waals surface area contributed by atoms with Gasteiger partial charge in [0.05, 0.1) is 0 Å². The molecule has 3 heteroatoms. The molecule has 0 atom stereocenters. The minimum Gasteiger partial charge on any atom is -0.354 e. The molecule has 1 saturated carbocycles. The van der Waals surface area contributed by atoms with E-state index in [9.17, 15) is 0 Å². The Morgan fingerprint density at radius 3 is 2.59 bits per heavy atom. The second kappa shape index (κ2) is 6.25. The molecule has 2 nitrogen and oxygen atoms in total. The molecule has 1 heterocycles. The summed E-state index contributed by atoms with van der Waals surface area (Å²) in [7, 11) is 0. The Hall–Kier alpha value is -0.760. The quantitative estimate of drug-likeness (QED) is 0.754. The lowest BCUT2D eigenvalue weighted by atomic mass is 9.94. The minimum atomic E-state index is 0.544. The number of rotatable bonds is 4. The summed E-state index contributed by atoms with van der Waals surface area (Å²) in [5, 5.41) is 0.